The van der Waals surface area contributed by atoms with E-state index in [0.717, 1.165) is 73.1 Å². The van der Waals surface area contributed by atoms with Gasteiger partial charge in [-0.1, -0.05) is 30.0 Å². The summed E-state index contributed by atoms with van der Waals surface area (Å²) in [6.45, 7) is 3.73. The maximum atomic E-state index is 13.0. The van der Waals surface area contributed by atoms with E-state index < -0.39 is 0 Å². The number of carbonyl (C=O) groups is 1. The number of nitrogens with zero attached hydrogens (tertiary/aromatic N) is 4. The fourth-order valence-corrected chi connectivity index (χ4v) is 4.96. The first kappa shape index (κ1) is 20.1. The number of allylic oxidation sites excluding steroid dienone is 2. The van der Waals surface area contributed by atoms with E-state index in [1.54, 1.807) is 11.8 Å². The van der Waals surface area contributed by atoms with Gasteiger partial charge in [-0.25, -0.2) is 9.97 Å². The Morgan fingerprint density at radius 3 is 2.97 bits per heavy atom. The molecule has 2 aromatic heterocycles. The summed E-state index contributed by atoms with van der Waals surface area (Å²) >= 11 is 1.62. The molecule has 1 fully saturated rings. The van der Waals surface area contributed by atoms with E-state index in [9.17, 15) is 4.79 Å². The number of aromatic nitrogens is 3. The normalized spacial score (nSPS) is 21.9. The van der Waals surface area contributed by atoms with Crippen molar-refractivity contribution in [1.29, 1.82) is 0 Å². The SMILES string of the molecule is Cc1cnc(SCc2ccccn2)nc1[C@@H]1CCCN(C(=O)[C@H]2CC=CCC2)C1. The van der Waals surface area contributed by atoms with Gasteiger partial charge in [0.2, 0.25) is 5.91 Å². The summed E-state index contributed by atoms with van der Waals surface area (Å²) in [6, 6.07) is 5.95. The maximum absolute atomic E-state index is 13.0. The third kappa shape index (κ3) is 5.04. The number of rotatable bonds is 5. The second kappa shape index (κ2) is 9.53. The molecule has 2 atom stereocenters. The molecule has 6 heteroatoms. The molecule has 2 aromatic rings. The number of thioether (sulfide) groups is 1. The topological polar surface area (TPSA) is 59.0 Å². The lowest BCUT2D eigenvalue weighted by molar-refractivity contribution is -0.137. The quantitative estimate of drug-likeness (QED) is 0.413. The molecule has 0 N–H and O–H groups in total. The van der Waals surface area contributed by atoms with E-state index in [1.165, 1.54) is 0 Å². The first-order valence-corrected chi connectivity index (χ1v) is 11.5. The van der Waals surface area contributed by atoms with Gasteiger partial charge < -0.3 is 4.90 Å². The molecule has 3 heterocycles. The van der Waals surface area contributed by atoms with Crippen LogP contribution in [0, 0.1) is 12.8 Å². The smallest absolute Gasteiger partial charge is 0.226 e. The fourth-order valence-electron chi connectivity index (χ4n) is 4.22. The minimum Gasteiger partial charge on any atom is -0.342 e. The minimum atomic E-state index is 0.162. The van der Waals surface area contributed by atoms with Crippen molar-refractivity contribution < 1.29 is 4.79 Å². The zero-order valence-corrected chi connectivity index (χ0v) is 17.8. The molecule has 0 spiro atoms. The van der Waals surface area contributed by atoms with Crippen LogP contribution in [0.15, 0.2) is 47.9 Å². The van der Waals surface area contributed by atoms with Gasteiger partial charge in [0.05, 0.1) is 11.4 Å². The molecule has 0 unspecified atom stereocenters. The van der Waals surface area contributed by atoms with Crippen molar-refractivity contribution in [1.82, 2.24) is 19.9 Å². The number of piperidine rings is 1. The molecule has 2 aliphatic rings. The van der Waals surface area contributed by atoms with Crippen molar-refractivity contribution in [3.8, 4) is 0 Å². The predicted octanol–water partition coefficient (Wildman–Crippen LogP) is 4.53. The molecule has 0 bridgehead atoms. The van der Waals surface area contributed by atoms with Gasteiger partial charge in [-0.15, -0.1) is 0 Å². The number of likely N-dealkylation sites (tertiary alicyclic amines) is 1. The monoisotopic (exact) mass is 408 g/mol. The summed E-state index contributed by atoms with van der Waals surface area (Å²) < 4.78 is 0. The summed E-state index contributed by atoms with van der Waals surface area (Å²) in [5, 5.41) is 0.789. The van der Waals surface area contributed by atoms with Crippen molar-refractivity contribution in [2.75, 3.05) is 13.1 Å². The summed E-state index contributed by atoms with van der Waals surface area (Å²) in [5.41, 5.74) is 3.25. The molecule has 152 valence electrons. The number of aryl methyl sites for hydroxylation is 1. The Hall–Kier alpha value is -2.21. The highest BCUT2D eigenvalue weighted by molar-refractivity contribution is 7.98. The van der Waals surface area contributed by atoms with Gasteiger partial charge in [0.25, 0.3) is 0 Å². The van der Waals surface area contributed by atoms with E-state index in [4.69, 9.17) is 4.98 Å². The van der Waals surface area contributed by atoms with Crippen molar-refractivity contribution in [2.24, 2.45) is 5.92 Å². The Morgan fingerprint density at radius 2 is 2.17 bits per heavy atom. The van der Waals surface area contributed by atoms with Crippen LogP contribution in [-0.4, -0.2) is 38.8 Å². The second-order valence-corrected chi connectivity index (χ2v) is 8.88. The Morgan fingerprint density at radius 1 is 1.24 bits per heavy atom. The lowest BCUT2D eigenvalue weighted by Crippen LogP contribution is -2.42. The molecule has 4 rings (SSSR count). The van der Waals surface area contributed by atoms with Crippen LogP contribution in [0.3, 0.4) is 0 Å². The highest BCUT2D eigenvalue weighted by Crippen LogP contribution is 2.31. The lowest BCUT2D eigenvalue weighted by atomic mass is 9.89. The fraction of sp³-hybridized carbons (Fsp3) is 0.478. The average Bonchev–Trinajstić information content (AvgIpc) is 2.79. The van der Waals surface area contributed by atoms with Gasteiger partial charge in [0, 0.05) is 43.1 Å². The molecule has 1 aliphatic carbocycles. The van der Waals surface area contributed by atoms with Crippen molar-refractivity contribution in [3.05, 3.63) is 59.7 Å². The second-order valence-electron chi connectivity index (χ2n) is 7.94. The molecule has 0 saturated carbocycles. The van der Waals surface area contributed by atoms with Crippen molar-refractivity contribution >= 4 is 17.7 Å². The molecular weight excluding hydrogens is 380 g/mol. The van der Waals surface area contributed by atoms with E-state index in [-0.39, 0.29) is 5.92 Å². The number of carbonyl (C=O) groups excluding carboxylic acids is 1. The van der Waals surface area contributed by atoms with Gasteiger partial charge >= 0.3 is 0 Å². The molecule has 1 saturated heterocycles. The van der Waals surface area contributed by atoms with Crippen LogP contribution < -0.4 is 0 Å². The maximum Gasteiger partial charge on any atom is 0.226 e. The van der Waals surface area contributed by atoms with Gasteiger partial charge in [-0.05, 0) is 56.7 Å². The van der Waals surface area contributed by atoms with E-state index in [0.29, 0.717) is 11.8 Å². The zero-order valence-electron chi connectivity index (χ0n) is 17.0. The molecule has 1 aliphatic heterocycles. The lowest BCUT2D eigenvalue weighted by Gasteiger charge is -2.35. The van der Waals surface area contributed by atoms with Crippen molar-refractivity contribution in [2.45, 2.75) is 55.9 Å². The summed E-state index contributed by atoms with van der Waals surface area (Å²) in [7, 11) is 0. The first-order valence-electron chi connectivity index (χ1n) is 10.5. The van der Waals surface area contributed by atoms with Gasteiger partial charge in [-0.2, -0.15) is 0 Å². The number of hydrogen-bond acceptors (Lipinski definition) is 5. The third-order valence-electron chi connectivity index (χ3n) is 5.80. The Kier molecular flexibility index (Phi) is 6.60. The van der Waals surface area contributed by atoms with Crippen LogP contribution in [0.25, 0.3) is 0 Å². The van der Waals surface area contributed by atoms with E-state index >= 15 is 0 Å². The standard InChI is InChI=1S/C23H28N4OS/c1-17-14-25-23(29-16-20-11-5-6-12-24-20)26-21(17)19-10-7-13-27(15-19)22(28)18-8-3-2-4-9-18/h2-3,5-6,11-12,14,18-19H,4,7-10,13,15-16H2,1H3/t18-,19+/m0/s1. The highest BCUT2D eigenvalue weighted by atomic mass is 32.2. The van der Waals surface area contributed by atoms with Crippen LogP contribution in [0.4, 0.5) is 0 Å². The van der Waals surface area contributed by atoms with E-state index in [2.05, 4.69) is 33.9 Å². The van der Waals surface area contributed by atoms with E-state index in [1.807, 2.05) is 30.6 Å². The molecule has 5 nitrogen and oxygen atoms in total. The largest absolute Gasteiger partial charge is 0.342 e. The molecule has 0 aromatic carbocycles. The highest BCUT2D eigenvalue weighted by Gasteiger charge is 2.30. The summed E-state index contributed by atoms with van der Waals surface area (Å²) in [4.78, 5) is 28.8. The van der Waals surface area contributed by atoms with Crippen LogP contribution in [0.1, 0.15) is 55.0 Å². The van der Waals surface area contributed by atoms with Gasteiger partial charge in [0.1, 0.15) is 0 Å². The van der Waals surface area contributed by atoms with Crippen LogP contribution in [0.2, 0.25) is 0 Å². The number of amides is 1. The van der Waals surface area contributed by atoms with Crippen LogP contribution in [0.5, 0.6) is 0 Å². The Bertz CT molecular complexity index is 870. The van der Waals surface area contributed by atoms with Crippen LogP contribution in [-0.2, 0) is 10.5 Å². The average molecular weight is 409 g/mol. The predicted molar refractivity (Wildman–Crippen MR) is 116 cm³/mol. The molecular formula is C23H28N4OS. The molecule has 1 amide bonds. The Balaban J connectivity index is 1.44. The van der Waals surface area contributed by atoms with Gasteiger partial charge in [0.15, 0.2) is 5.16 Å². The minimum absolute atomic E-state index is 0.162. The third-order valence-corrected chi connectivity index (χ3v) is 6.70. The number of pyridine rings is 1. The first-order chi connectivity index (χ1) is 14.2. The summed E-state index contributed by atoms with van der Waals surface area (Å²) in [5.74, 6) is 1.54. The van der Waals surface area contributed by atoms with Crippen LogP contribution >= 0.6 is 11.8 Å². The zero-order chi connectivity index (χ0) is 20.1. The molecule has 29 heavy (non-hydrogen) atoms. The number of hydrogen-bond donors (Lipinski definition) is 0. The Labute approximate surface area is 177 Å². The molecule has 0 radical (unpaired) electrons. The van der Waals surface area contributed by atoms with Gasteiger partial charge in [-0.3, -0.25) is 9.78 Å². The summed E-state index contributed by atoms with van der Waals surface area (Å²) in [6.07, 6.45) is 13.1. The van der Waals surface area contributed by atoms with Crippen molar-refractivity contribution in [3.63, 3.8) is 0 Å².